The summed E-state index contributed by atoms with van der Waals surface area (Å²) < 4.78 is 0. The van der Waals surface area contributed by atoms with Crippen molar-refractivity contribution in [3.8, 4) is 0 Å². The Bertz CT molecular complexity index is 209. The molecular formula is C13H26N2. The van der Waals surface area contributed by atoms with Crippen LogP contribution >= 0.6 is 0 Å². The Balaban J connectivity index is 1.76. The number of hydrogen-bond acceptors (Lipinski definition) is 2. The Morgan fingerprint density at radius 3 is 2.73 bits per heavy atom. The lowest BCUT2D eigenvalue weighted by Gasteiger charge is -2.36. The molecule has 0 bridgehead atoms. The van der Waals surface area contributed by atoms with Crippen molar-refractivity contribution in [2.45, 2.75) is 46.1 Å². The second-order valence-electron chi connectivity index (χ2n) is 6.33. The Hall–Kier alpha value is -0.0800. The summed E-state index contributed by atoms with van der Waals surface area (Å²) in [6, 6.07) is 0.737. The summed E-state index contributed by atoms with van der Waals surface area (Å²) >= 11 is 0. The zero-order valence-corrected chi connectivity index (χ0v) is 10.6. The van der Waals surface area contributed by atoms with Gasteiger partial charge in [0.25, 0.3) is 0 Å². The minimum atomic E-state index is 0.680. The lowest BCUT2D eigenvalue weighted by Crippen LogP contribution is -2.52. The summed E-state index contributed by atoms with van der Waals surface area (Å²) in [6.07, 6.45) is 4.23. The molecule has 0 aromatic rings. The molecule has 2 aliphatic rings. The van der Waals surface area contributed by atoms with Gasteiger partial charge in [-0.05, 0) is 30.6 Å². The molecule has 1 atom stereocenters. The van der Waals surface area contributed by atoms with Gasteiger partial charge in [0.05, 0.1) is 0 Å². The van der Waals surface area contributed by atoms with Crippen molar-refractivity contribution >= 4 is 0 Å². The maximum absolute atomic E-state index is 3.64. The Morgan fingerprint density at radius 1 is 1.40 bits per heavy atom. The molecule has 1 aliphatic carbocycles. The first-order valence-electron chi connectivity index (χ1n) is 6.53. The molecule has 0 spiro atoms. The average Bonchev–Trinajstić information content (AvgIpc) is 2.82. The van der Waals surface area contributed by atoms with Crippen LogP contribution in [0.4, 0.5) is 0 Å². The van der Waals surface area contributed by atoms with Crippen molar-refractivity contribution in [1.82, 2.24) is 10.2 Å². The Kier molecular flexibility index (Phi) is 3.36. The first kappa shape index (κ1) is 11.4. The third-order valence-electron chi connectivity index (χ3n) is 3.80. The van der Waals surface area contributed by atoms with Crippen molar-refractivity contribution in [2.24, 2.45) is 11.3 Å². The van der Waals surface area contributed by atoms with Crippen LogP contribution in [0.2, 0.25) is 0 Å². The van der Waals surface area contributed by atoms with Crippen molar-refractivity contribution in [3.63, 3.8) is 0 Å². The molecular weight excluding hydrogens is 184 g/mol. The number of nitrogens with zero attached hydrogens (tertiary/aromatic N) is 1. The molecule has 1 saturated heterocycles. The van der Waals surface area contributed by atoms with Gasteiger partial charge >= 0.3 is 0 Å². The molecule has 2 heteroatoms. The topological polar surface area (TPSA) is 15.3 Å². The third-order valence-corrected chi connectivity index (χ3v) is 3.80. The van der Waals surface area contributed by atoms with Crippen LogP contribution in [0.5, 0.6) is 0 Å². The molecule has 1 N–H and O–H groups in total. The Morgan fingerprint density at radius 2 is 2.13 bits per heavy atom. The molecule has 2 rings (SSSR count). The third kappa shape index (κ3) is 3.46. The highest BCUT2D eigenvalue weighted by molar-refractivity contribution is 4.93. The van der Waals surface area contributed by atoms with E-state index in [0.717, 1.165) is 12.0 Å². The summed E-state index contributed by atoms with van der Waals surface area (Å²) in [5, 5.41) is 3.64. The van der Waals surface area contributed by atoms with Crippen LogP contribution in [0.3, 0.4) is 0 Å². The van der Waals surface area contributed by atoms with E-state index >= 15 is 0 Å². The monoisotopic (exact) mass is 210 g/mol. The first-order chi connectivity index (χ1) is 7.07. The maximum atomic E-state index is 3.64. The molecule has 1 aliphatic heterocycles. The fourth-order valence-electron chi connectivity index (χ4n) is 2.68. The van der Waals surface area contributed by atoms with Gasteiger partial charge in [-0.3, -0.25) is 4.90 Å². The number of rotatable bonds is 4. The van der Waals surface area contributed by atoms with E-state index in [9.17, 15) is 0 Å². The van der Waals surface area contributed by atoms with Crippen LogP contribution in [0.15, 0.2) is 0 Å². The number of nitrogens with one attached hydrogen (secondary N) is 1. The van der Waals surface area contributed by atoms with E-state index in [-0.39, 0.29) is 0 Å². The van der Waals surface area contributed by atoms with E-state index in [1.807, 2.05) is 0 Å². The molecule has 0 aromatic carbocycles. The SMILES string of the molecule is CC(C)CC1CN(CC2(C)CC2)CCN1. The second kappa shape index (κ2) is 4.42. The first-order valence-corrected chi connectivity index (χ1v) is 6.53. The number of hydrogen-bond donors (Lipinski definition) is 1. The van der Waals surface area contributed by atoms with Crippen molar-refractivity contribution < 1.29 is 0 Å². The highest BCUT2D eigenvalue weighted by Crippen LogP contribution is 2.45. The van der Waals surface area contributed by atoms with Crippen molar-refractivity contribution in [2.75, 3.05) is 26.2 Å². The van der Waals surface area contributed by atoms with E-state index in [0.29, 0.717) is 5.41 Å². The summed E-state index contributed by atoms with van der Waals surface area (Å²) in [6.45, 7) is 12.1. The molecule has 1 unspecified atom stereocenters. The van der Waals surface area contributed by atoms with Gasteiger partial charge in [-0.1, -0.05) is 20.8 Å². The molecule has 15 heavy (non-hydrogen) atoms. The largest absolute Gasteiger partial charge is 0.311 e. The van der Waals surface area contributed by atoms with Crippen LogP contribution in [-0.4, -0.2) is 37.1 Å². The van der Waals surface area contributed by atoms with E-state index in [2.05, 4.69) is 31.0 Å². The van der Waals surface area contributed by atoms with Gasteiger partial charge in [-0.25, -0.2) is 0 Å². The predicted octanol–water partition coefficient (Wildman–Crippen LogP) is 2.11. The van der Waals surface area contributed by atoms with E-state index in [1.165, 1.54) is 45.4 Å². The molecule has 0 aromatic heterocycles. The molecule has 2 fully saturated rings. The second-order valence-corrected chi connectivity index (χ2v) is 6.33. The van der Waals surface area contributed by atoms with Gasteiger partial charge in [-0.15, -0.1) is 0 Å². The summed E-state index contributed by atoms with van der Waals surface area (Å²) in [5.41, 5.74) is 0.680. The summed E-state index contributed by atoms with van der Waals surface area (Å²) in [5.74, 6) is 0.818. The highest BCUT2D eigenvalue weighted by Gasteiger charge is 2.39. The maximum Gasteiger partial charge on any atom is 0.0198 e. The van der Waals surface area contributed by atoms with Crippen LogP contribution in [-0.2, 0) is 0 Å². The lowest BCUT2D eigenvalue weighted by atomic mass is 10.0. The zero-order chi connectivity index (χ0) is 10.9. The summed E-state index contributed by atoms with van der Waals surface area (Å²) in [7, 11) is 0. The minimum absolute atomic E-state index is 0.680. The van der Waals surface area contributed by atoms with Crippen molar-refractivity contribution in [3.05, 3.63) is 0 Å². The summed E-state index contributed by atoms with van der Waals surface area (Å²) in [4.78, 5) is 2.68. The van der Waals surface area contributed by atoms with Gasteiger partial charge in [0.15, 0.2) is 0 Å². The lowest BCUT2D eigenvalue weighted by molar-refractivity contribution is 0.160. The van der Waals surface area contributed by atoms with Gasteiger partial charge in [-0.2, -0.15) is 0 Å². The normalized spacial score (nSPS) is 30.8. The minimum Gasteiger partial charge on any atom is -0.311 e. The smallest absolute Gasteiger partial charge is 0.0198 e. The van der Waals surface area contributed by atoms with Crippen LogP contribution in [0, 0.1) is 11.3 Å². The molecule has 1 heterocycles. The van der Waals surface area contributed by atoms with E-state index < -0.39 is 0 Å². The van der Waals surface area contributed by atoms with Gasteiger partial charge in [0, 0.05) is 32.2 Å². The molecule has 0 amide bonds. The van der Waals surface area contributed by atoms with Crippen molar-refractivity contribution in [1.29, 1.82) is 0 Å². The zero-order valence-electron chi connectivity index (χ0n) is 10.6. The molecule has 0 radical (unpaired) electrons. The van der Waals surface area contributed by atoms with Gasteiger partial charge < -0.3 is 5.32 Å². The fraction of sp³-hybridized carbons (Fsp3) is 1.00. The fourth-order valence-corrected chi connectivity index (χ4v) is 2.68. The van der Waals surface area contributed by atoms with Crippen LogP contribution < -0.4 is 5.32 Å². The Labute approximate surface area is 94.4 Å². The average molecular weight is 210 g/mol. The van der Waals surface area contributed by atoms with E-state index in [4.69, 9.17) is 0 Å². The van der Waals surface area contributed by atoms with E-state index in [1.54, 1.807) is 0 Å². The number of piperazine rings is 1. The van der Waals surface area contributed by atoms with Crippen LogP contribution in [0.1, 0.15) is 40.0 Å². The molecule has 1 saturated carbocycles. The highest BCUT2D eigenvalue weighted by atomic mass is 15.2. The molecule has 2 nitrogen and oxygen atoms in total. The quantitative estimate of drug-likeness (QED) is 0.764. The molecule has 88 valence electrons. The van der Waals surface area contributed by atoms with Gasteiger partial charge in [0.2, 0.25) is 0 Å². The van der Waals surface area contributed by atoms with Crippen LogP contribution in [0.25, 0.3) is 0 Å². The van der Waals surface area contributed by atoms with Gasteiger partial charge in [0.1, 0.15) is 0 Å². The standard InChI is InChI=1S/C13H26N2/c1-11(2)8-12-9-15(7-6-14-12)10-13(3)4-5-13/h11-12,14H,4-10H2,1-3H3. The predicted molar refractivity (Wildman–Crippen MR) is 65.0 cm³/mol.